The second kappa shape index (κ2) is 12.2. The molecule has 0 amide bonds. The standard InChI is InChI=1S/C25H28N2O5S/c1-5-18-16-27(23-15-20(9-11-21(18)23)31-13-7-12-26-33-4)19-8-10-22(25(28)30-6-2)24(14-19)32-17-29-3/h1,8-11,14-16,26H,6-7,12-13,17H2,2-4H3. The van der Waals surface area contributed by atoms with Gasteiger partial charge in [0.2, 0.25) is 0 Å². The number of ether oxygens (including phenoxy) is 4. The maximum atomic E-state index is 12.4. The van der Waals surface area contributed by atoms with Crippen LogP contribution in [-0.4, -0.2) is 50.5 Å². The Morgan fingerprint density at radius 1 is 1.21 bits per heavy atom. The highest BCUT2D eigenvalue weighted by molar-refractivity contribution is 7.96. The molecule has 0 bridgehead atoms. The van der Waals surface area contributed by atoms with Crippen molar-refractivity contribution in [1.82, 2.24) is 9.29 Å². The molecule has 0 spiro atoms. The van der Waals surface area contributed by atoms with Gasteiger partial charge in [-0.05, 0) is 43.9 Å². The lowest BCUT2D eigenvalue weighted by Gasteiger charge is -2.13. The van der Waals surface area contributed by atoms with Crippen molar-refractivity contribution in [2.75, 3.05) is 39.9 Å². The number of nitrogens with one attached hydrogen (secondary N) is 1. The molecule has 0 fully saturated rings. The Morgan fingerprint density at radius 3 is 2.79 bits per heavy atom. The van der Waals surface area contributed by atoms with E-state index in [2.05, 4.69) is 10.6 Å². The maximum Gasteiger partial charge on any atom is 0.341 e. The number of esters is 1. The zero-order valence-electron chi connectivity index (χ0n) is 19.1. The smallest absolute Gasteiger partial charge is 0.341 e. The molecule has 8 heteroatoms. The number of aromatic nitrogens is 1. The van der Waals surface area contributed by atoms with E-state index in [0.29, 0.717) is 17.9 Å². The van der Waals surface area contributed by atoms with Crippen molar-refractivity contribution < 1.29 is 23.7 Å². The van der Waals surface area contributed by atoms with Crippen molar-refractivity contribution >= 4 is 28.8 Å². The van der Waals surface area contributed by atoms with Crippen molar-refractivity contribution in [2.24, 2.45) is 0 Å². The summed E-state index contributed by atoms with van der Waals surface area (Å²) in [5.41, 5.74) is 2.76. The highest BCUT2D eigenvalue weighted by Gasteiger charge is 2.17. The minimum absolute atomic E-state index is 0.00126. The monoisotopic (exact) mass is 468 g/mol. The van der Waals surface area contributed by atoms with Crippen LogP contribution in [0.25, 0.3) is 16.6 Å². The zero-order chi connectivity index (χ0) is 23.6. The Balaban J connectivity index is 1.98. The third-order valence-electron chi connectivity index (χ3n) is 4.84. The first-order chi connectivity index (χ1) is 16.1. The highest BCUT2D eigenvalue weighted by Crippen LogP contribution is 2.31. The van der Waals surface area contributed by atoms with Crippen molar-refractivity contribution in [1.29, 1.82) is 0 Å². The molecular weight excluding hydrogens is 440 g/mol. The van der Waals surface area contributed by atoms with Crippen LogP contribution in [-0.2, 0) is 9.47 Å². The molecule has 1 aromatic heterocycles. The summed E-state index contributed by atoms with van der Waals surface area (Å²) in [6.45, 7) is 3.51. The fraction of sp³-hybridized carbons (Fsp3) is 0.320. The molecule has 0 aliphatic rings. The maximum absolute atomic E-state index is 12.4. The van der Waals surface area contributed by atoms with Gasteiger partial charge in [-0.2, -0.15) is 0 Å². The fourth-order valence-electron chi connectivity index (χ4n) is 3.34. The lowest BCUT2D eigenvalue weighted by Crippen LogP contribution is -2.10. The zero-order valence-corrected chi connectivity index (χ0v) is 19.9. The van der Waals surface area contributed by atoms with Gasteiger partial charge in [0.05, 0.1) is 24.3 Å². The van der Waals surface area contributed by atoms with E-state index in [4.69, 9.17) is 25.4 Å². The second-order valence-corrected chi connectivity index (χ2v) is 7.69. The van der Waals surface area contributed by atoms with Crippen LogP contribution in [0, 0.1) is 12.3 Å². The minimum Gasteiger partial charge on any atom is -0.493 e. The number of terminal acetylenes is 1. The van der Waals surface area contributed by atoms with Gasteiger partial charge in [-0.1, -0.05) is 17.9 Å². The summed E-state index contributed by atoms with van der Waals surface area (Å²) in [5.74, 6) is 3.41. The van der Waals surface area contributed by atoms with Gasteiger partial charge in [-0.15, -0.1) is 6.42 Å². The van der Waals surface area contributed by atoms with Crippen LogP contribution in [0.15, 0.2) is 42.6 Å². The first-order valence-corrected chi connectivity index (χ1v) is 11.8. The Morgan fingerprint density at radius 2 is 2.06 bits per heavy atom. The molecule has 0 radical (unpaired) electrons. The van der Waals surface area contributed by atoms with Gasteiger partial charge in [0, 0.05) is 43.1 Å². The molecule has 3 rings (SSSR count). The molecule has 0 aliphatic carbocycles. The van der Waals surface area contributed by atoms with Gasteiger partial charge < -0.3 is 23.5 Å². The molecular formula is C25H28N2O5S. The number of carbonyl (C=O) groups is 1. The molecule has 174 valence electrons. The molecule has 0 aliphatic heterocycles. The number of carbonyl (C=O) groups excluding carboxylic acids is 1. The van der Waals surface area contributed by atoms with E-state index in [1.807, 2.05) is 41.3 Å². The summed E-state index contributed by atoms with van der Waals surface area (Å²) in [6.07, 6.45) is 10.5. The van der Waals surface area contributed by atoms with Crippen LogP contribution in [0.5, 0.6) is 11.5 Å². The number of hydrogen-bond donors (Lipinski definition) is 1. The van der Waals surface area contributed by atoms with Gasteiger partial charge in [0.15, 0.2) is 6.79 Å². The van der Waals surface area contributed by atoms with E-state index in [9.17, 15) is 4.79 Å². The molecule has 0 saturated heterocycles. The van der Waals surface area contributed by atoms with Gasteiger partial charge in [-0.3, -0.25) is 4.72 Å². The van der Waals surface area contributed by atoms with Crippen LogP contribution in [0.3, 0.4) is 0 Å². The van der Waals surface area contributed by atoms with Crippen molar-refractivity contribution in [3.05, 3.63) is 53.7 Å². The van der Waals surface area contributed by atoms with E-state index >= 15 is 0 Å². The number of hydrogen-bond acceptors (Lipinski definition) is 7. The third-order valence-corrected chi connectivity index (χ3v) is 5.33. The SMILES string of the molecule is C#Cc1cn(-c2ccc(C(=O)OCC)c(OCOC)c2)c2cc(OCCCNSC)ccc12. The van der Waals surface area contributed by atoms with Crippen LogP contribution in [0.4, 0.5) is 0 Å². The fourth-order valence-corrected chi connectivity index (χ4v) is 3.69. The van der Waals surface area contributed by atoms with Gasteiger partial charge in [0.25, 0.3) is 0 Å². The largest absolute Gasteiger partial charge is 0.493 e. The summed E-state index contributed by atoms with van der Waals surface area (Å²) < 4.78 is 26.9. The minimum atomic E-state index is -0.455. The van der Waals surface area contributed by atoms with Crippen LogP contribution < -0.4 is 14.2 Å². The summed E-state index contributed by atoms with van der Waals surface area (Å²) in [6, 6.07) is 11.1. The molecule has 1 heterocycles. The highest BCUT2D eigenvalue weighted by atomic mass is 32.2. The number of methoxy groups -OCH3 is 1. The van der Waals surface area contributed by atoms with Crippen LogP contribution in [0.1, 0.15) is 29.3 Å². The molecule has 33 heavy (non-hydrogen) atoms. The molecule has 0 unspecified atom stereocenters. The predicted octanol–water partition coefficient (Wildman–Crippen LogP) is 4.41. The molecule has 2 aromatic carbocycles. The summed E-state index contributed by atoms with van der Waals surface area (Å²) in [5, 5.41) is 0.933. The van der Waals surface area contributed by atoms with E-state index in [1.54, 1.807) is 31.0 Å². The topological polar surface area (TPSA) is 71.0 Å². The average molecular weight is 469 g/mol. The average Bonchev–Trinajstić information content (AvgIpc) is 3.20. The van der Waals surface area contributed by atoms with Gasteiger partial charge in [-0.25, -0.2) is 4.79 Å². The first kappa shape index (κ1) is 24.5. The molecule has 0 saturated carbocycles. The van der Waals surface area contributed by atoms with Gasteiger partial charge >= 0.3 is 5.97 Å². The van der Waals surface area contributed by atoms with Gasteiger partial charge in [0.1, 0.15) is 17.1 Å². The van der Waals surface area contributed by atoms with Crippen LogP contribution >= 0.6 is 11.9 Å². The molecule has 7 nitrogen and oxygen atoms in total. The number of fused-ring (bicyclic) bond motifs is 1. The van der Waals surface area contributed by atoms with E-state index in [-0.39, 0.29) is 13.4 Å². The molecule has 0 atom stereocenters. The van der Waals surface area contributed by atoms with Crippen molar-refractivity contribution in [3.8, 4) is 29.5 Å². The van der Waals surface area contributed by atoms with E-state index in [1.165, 1.54) is 7.11 Å². The van der Waals surface area contributed by atoms with Crippen LogP contribution in [0.2, 0.25) is 0 Å². The molecule has 1 N–H and O–H groups in total. The van der Waals surface area contributed by atoms with Crippen molar-refractivity contribution in [2.45, 2.75) is 13.3 Å². The van der Waals surface area contributed by atoms with E-state index < -0.39 is 5.97 Å². The lowest BCUT2D eigenvalue weighted by molar-refractivity contribution is 0.0438. The number of rotatable bonds is 12. The Bertz CT molecular complexity index is 1140. The molecule has 3 aromatic rings. The predicted molar refractivity (Wildman–Crippen MR) is 131 cm³/mol. The Hall–Kier alpha value is -3.12. The summed E-state index contributed by atoms with van der Waals surface area (Å²) in [7, 11) is 1.52. The van der Waals surface area contributed by atoms with E-state index in [0.717, 1.165) is 40.9 Å². The number of benzene rings is 2. The summed E-state index contributed by atoms with van der Waals surface area (Å²) >= 11 is 1.59. The van der Waals surface area contributed by atoms with Crippen molar-refractivity contribution in [3.63, 3.8) is 0 Å². The normalized spacial score (nSPS) is 10.7. The Labute approximate surface area is 198 Å². The summed E-state index contributed by atoms with van der Waals surface area (Å²) in [4.78, 5) is 12.4. The quantitative estimate of drug-likeness (QED) is 0.139. The third kappa shape index (κ3) is 6.02. The second-order valence-electron chi connectivity index (χ2n) is 6.99. The Kier molecular flexibility index (Phi) is 9.07. The lowest BCUT2D eigenvalue weighted by atomic mass is 10.1. The first-order valence-electron chi connectivity index (χ1n) is 10.6. The number of nitrogens with zero attached hydrogens (tertiary/aromatic N) is 1.